The van der Waals surface area contributed by atoms with E-state index in [-0.39, 0.29) is 0 Å². The second kappa shape index (κ2) is 5.58. The third kappa shape index (κ3) is 4.19. The Balaban J connectivity index is 1.94. The molecule has 2 N–H and O–H groups in total. The lowest BCUT2D eigenvalue weighted by atomic mass is 10.1. The second-order valence-electron chi connectivity index (χ2n) is 4.48. The SMILES string of the molecule is CS(=O)(=O)Nc1ccc(NC2CCOCC2)cc1. The zero-order chi connectivity index (χ0) is 13.0. The summed E-state index contributed by atoms with van der Waals surface area (Å²) in [6.07, 6.45) is 3.15. The van der Waals surface area contributed by atoms with Gasteiger partial charge in [0.1, 0.15) is 0 Å². The Morgan fingerprint density at radius 3 is 2.22 bits per heavy atom. The Morgan fingerprint density at radius 2 is 1.67 bits per heavy atom. The molecule has 0 radical (unpaired) electrons. The van der Waals surface area contributed by atoms with E-state index in [1.165, 1.54) is 0 Å². The number of benzene rings is 1. The van der Waals surface area contributed by atoms with Crippen molar-refractivity contribution in [2.45, 2.75) is 18.9 Å². The summed E-state index contributed by atoms with van der Waals surface area (Å²) in [6, 6.07) is 7.70. The summed E-state index contributed by atoms with van der Waals surface area (Å²) in [6.45, 7) is 1.59. The molecule has 1 aliphatic heterocycles. The highest BCUT2D eigenvalue weighted by molar-refractivity contribution is 7.92. The Bertz CT molecular complexity index is 479. The van der Waals surface area contributed by atoms with Crippen molar-refractivity contribution in [1.82, 2.24) is 0 Å². The van der Waals surface area contributed by atoms with Crippen LogP contribution >= 0.6 is 0 Å². The van der Waals surface area contributed by atoms with Gasteiger partial charge in [-0.3, -0.25) is 4.72 Å². The highest BCUT2D eigenvalue weighted by atomic mass is 32.2. The summed E-state index contributed by atoms with van der Waals surface area (Å²) in [7, 11) is -3.20. The van der Waals surface area contributed by atoms with Crippen LogP contribution in [0.15, 0.2) is 24.3 Å². The molecule has 1 fully saturated rings. The topological polar surface area (TPSA) is 67.4 Å². The first kappa shape index (κ1) is 13.2. The predicted molar refractivity (Wildman–Crippen MR) is 72.4 cm³/mol. The average molecular weight is 270 g/mol. The first-order valence-electron chi connectivity index (χ1n) is 5.95. The predicted octanol–water partition coefficient (Wildman–Crippen LogP) is 1.65. The minimum absolute atomic E-state index is 0.437. The van der Waals surface area contributed by atoms with Crippen molar-refractivity contribution < 1.29 is 13.2 Å². The van der Waals surface area contributed by atoms with Gasteiger partial charge in [-0.05, 0) is 37.1 Å². The first-order chi connectivity index (χ1) is 8.53. The molecule has 0 aliphatic carbocycles. The summed E-state index contributed by atoms with van der Waals surface area (Å²) < 4.78 is 29.9. The lowest BCUT2D eigenvalue weighted by Gasteiger charge is -2.24. The fourth-order valence-electron chi connectivity index (χ4n) is 1.93. The fourth-order valence-corrected chi connectivity index (χ4v) is 2.49. The molecule has 0 unspecified atom stereocenters. The lowest BCUT2D eigenvalue weighted by molar-refractivity contribution is 0.0904. The molecule has 0 amide bonds. The van der Waals surface area contributed by atoms with Gasteiger partial charge >= 0.3 is 0 Å². The Morgan fingerprint density at radius 1 is 1.11 bits per heavy atom. The van der Waals surface area contributed by atoms with Crippen LogP contribution in [-0.2, 0) is 14.8 Å². The van der Waals surface area contributed by atoms with Crippen LogP contribution in [0.3, 0.4) is 0 Å². The molecule has 0 spiro atoms. The molecule has 2 rings (SSSR count). The van der Waals surface area contributed by atoms with E-state index in [4.69, 9.17) is 4.74 Å². The average Bonchev–Trinajstić information content (AvgIpc) is 2.31. The minimum Gasteiger partial charge on any atom is -0.382 e. The lowest BCUT2D eigenvalue weighted by Crippen LogP contribution is -2.27. The number of hydrogen-bond acceptors (Lipinski definition) is 4. The van der Waals surface area contributed by atoms with E-state index < -0.39 is 10.0 Å². The molecule has 1 aliphatic rings. The van der Waals surface area contributed by atoms with Crippen molar-refractivity contribution in [3.05, 3.63) is 24.3 Å². The van der Waals surface area contributed by atoms with E-state index in [1.54, 1.807) is 12.1 Å². The van der Waals surface area contributed by atoms with Gasteiger partial charge in [-0.25, -0.2) is 8.42 Å². The number of anilines is 2. The van der Waals surface area contributed by atoms with Gasteiger partial charge < -0.3 is 10.1 Å². The number of rotatable bonds is 4. The van der Waals surface area contributed by atoms with Crippen molar-refractivity contribution in [2.24, 2.45) is 0 Å². The van der Waals surface area contributed by atoms with E-state index in [0.717, 1.165) is 38.0 Å². The van der Waals surface area contributed by atoms with Gasteiger partial charge in [-0.1, -0.05) is 0 Å². The highest BCUT2D eigenvalue weighted by Crippen LogP contribution is 2.18. The van der Waals surface area contributed by atoms with Crippen molar-refractivity contribution in [2.75, 3.05) is 29.5 Å². The van der Waals surface area contributed by atoms with Gasteiger partial charge in [0.15, 0.2) is 0 Å². The second-order valence-corrected chi connectivity index (χ2v) is 6.23. The zero-order valence-electron chi connectivity index (χ0n) is 10.3. The fraction of sp³-hybridized carbons (Fsp3) is 0.500. The standard InChI is InChI=1S/C12H18N2O3S/c1-18(15,16)14-12-4-2-10(3-5-12)13-11-6-8-17-9-7-11/h2-5,11,13-14H,6-9H2,1H3. The summed E-state index contributed by atoms with van der Waals surface area (Å²) in [5, 5.41) is 3.41. The van der Waals surface area contributed by atoms with Crippen LogP contribution in [0, 0.1) is 0 Å². The zero-order valence-corrected chi connectivity index (χ0v) is 11.2. The third-order valence-corrected chi connectivity index (χ3v) is 3.39. The van der Waals surface area contributed by atoms with Gasteiger partial charge in [0, 0.05) is 30.6 Å². The third-order valence-electron chi connectivity index (χ3n) is 2.78. The highest BCUT2D eigenvalue weighted by Gasteiger charge is 2.13. The van der Waals surface area contributed by atoms with E-state index >= 15 is 0 Å². The molecule has 100 valence electrons. The Labute approximate surface area is 108 Å². The van der Waals surface area contributed by atoms with Crippen LogP contribution in [0.5, 0.6) is 0 Å². The molecule has 1 saturated heterocycles. The quantitative estimate of drug-likeness (QED) is 0.873. The van der Waals surface area contributed by atoms with Gasteiger partial charge in [0.25, 0.3) is 0 Å². The summed E-state index contributed by atoms with van der Waals surface area (Å²) in [5.74, 6) is 0. The summed E-state index contributed by atoms with van der Waals surface area (Å²) >= 11 is 0. The van der Waals surface area contributed by atoms with Crippen LogP contribution in [0.4, 0.5) is 11.4 Å². The Kier molecular flexibility index (Phi) is 4.08. The maximum atomic E-state index is 11.1. The molecule has 6 heteroatoms. The molecule has 0 atom stereocenters. The van der Waals surface area contributed by atoms with Gasteiger partial charge in [0.05, 0.1) is 6.26 Å². The Hall–Kier alpha value is -1.27. The van der Waals surface area contributed by atoms with E-state index in [0.29, 0.717) is 11.7 Å². The van der Waals surface area contributed by atoms with Crippen LogP contribution in [0.2, 0.25) is 0 Å². The molecule has 18 heavy (non-hydrogen) atoms. The van der Waals surface area contributed by atoms with Crippen molar-refractivity contribution in [3.8, 4) is 0 Å². The van der Waals surface area contributed by atoms with Gasteiger partial charge in [-0.15, -0.1) is 0 Å². The van der Waals surface area contributed by atoms with E-state index in [9.17, 15) is 8.42 Å². The molecule has 0 saturated carbocycles. The van der Waals surface area contributed by atoms with Gasteiger partial charge in [-0.2, -0.15) is 0 Å². The van der Waals surface area contributed by atoms with Crippen LogP contribution in [-0.4, -0.2) is 33.9 Å². The largest absolute Gasteiger partial charge is 0.382 e. The summed E-state index contributed by atoms with van der Waals surface area (Å²) in [5.41, 5.74) is 1.58. The number of nitrogens with one attached hydrogen (secondary N) is 2. The van der Waals surface area contributed by atoms with Crippen LogP contribution in [0.25, 0.3) is 0 Å². The van der Waals surface area contributed by atoms with Gasteiger partial charge in [0.2, 0.25) is 10.0 Å². The summed E-state index contributed by atoms with van der Waals surface area (Å²) in [4.78, 5) is 0. The molecule has 1 heterocycles. The molecule has 1 aromatic carbocycles. The molecule has 0 aromatic heterocycles. The maximum absolute atomic E-state index is 11.1. The smallest absolute Gasteiger partial charge is 0.229 e. The number of hydrogen-bond donors (Lipinski definition) is 2. The number of sulfonamides is 1. The molecule has 5 nitrogen and oxygen atoms in total. The van der Waals surface area contributed by atoms with Crippen molar-refractivity contribution in [3.63, 3.8) is 0 Å². The molecule has 1 aromatic rings. The minimum atomic E-state index is -3.20. The van der Waals surface area contributed by atoms with Crippen LogP contribution in [0.1, 0.15) is 12.8 Å². The maximum Gasteiger partial charge on any atom is 0.229 e. The monoisotopic (exact) mass is 270 g/mol. The van der Waals surface area contributed by atoms with Crippen molar-refractivity contribution >= 4 is 21.4 Å². The van der Waals surface area contributed by atoms with E-state index in [2.05, 4.69) is 10.0 Å². The number of ether oxygens (including phenoxy) is 1. The van der Waals surface area contributed by atoms with Crippen LogP contribution < -0.4 is 10.0 Å². The van der Waals surface area contributed by atoms with E-state index in [1.807, 2.05) is 12.1 Å². The molecular weight excluding hydrogens is 252 g/mol. The first-order valence-corrected chi connectivity index (χ1v) is 7.84. The molecule has 0 bridgehead atoms. The van der Waals surface area contributed by atoms with Crippen molar-refractivity contribution in [1.29, 1.82) is 0 Å². The normalized spacial score (nSPS) is 17.4. The molecular formula is C12H18N2O3S.